The van der Waals surface area contributed by atoms with Gasteiger partial charge in [-0.25, -0.2) is 4.98 Å². The van der Waals surface area contributed by atoms with Crippen LogP contribution in [-0.2, 0) is 12.8 Å². The Hall–Kier alpha value is -1.80. The Morgan fingerprint density at radius 1 is 1.16 bits per heavy atom. The van der Waals surface area contributed by atoms with Crippen molar-refractivity contribution in [1.82, 2.24) is 4.98 Å². The summed E-state index contributed by atoms with van der Waals surface area (Å²) in [5.74, 6) is 0.986. The fourth-order valence-corrected chi connectivity index (χ4v) is 2.42. The van der Waals surface area contributed by atoms with Gasteiger partial charge in [0.1, 0.15) is 5.82 Å². The third-order valence-electron chi connectivity index (χ3n) is 3.32. The minimum atomic E-state index is 0.782. The van der Waals surface area contributed by atoms with Gasteiger partial charge in [-0.15, -0.1) is 0 Å². The molecule has 0 spiro atoms. The van der Waals surface area contributed by atoms with Crippen molar-refractivity contribution in [2.75, 3.05) is 11.9 Å². The van der Waals surface area contributed by atoms with E-state index >= 15 is 0 Å². The second-order valence-electron chi connectivity index (χ2n) is 4.64. The maximum atomic E-state index is 5.87. The van der Waals surface area contributed by atoms with Gasteiger partial charge in [0.2, 0.25) is 0 Å². The van der Waals surface area contributed by atoms with Crippen molar-refractivity contribution in [3.8, 4) is 0 Å². The van der Waals surface area contributed by atoms with Crippen molar-refractivity contribution >= 4 is 23.5 Å². The zero-order valence-electron chi connectivity index (χ0n) is 10.6. The van der Waals surface area contributed by atoms with E-state index in [2.05, 4.69) is 40.7 Å². The van der Waals surface area contributed by atoms with Crippen molar-refractivity contribution in [2.24, 2.45) is 0 Å². The van der Waals surface area contributed by atoms with Gasteiger partial charge in [-0.1, -0.05) is 35.9 Å². The summed E-state index contributed by atoms with van der Waals surface area (Å²) in [5, 5.41) is 4.19. The Labute approximate surface area is 118 Å². The van der Waals surface area contributed by atoms with Crippen LogP contribution in [0.2, 0.25) is 5.02 Å². The van der Waals surface area contributed by atoms with E-state index in [4.69, 9.17) is 11.6 Å². The maximum Gasteiger partial charge on any atom is 0.133 e. The standard InChI is InChI=1S/C16H15ClN2/c17-14-6-4-12(5-7-14)8-10-18-16-15-3-1-2-13(15)9-11-19-16/h1,3-7,9,11H,2,8,10H2,(H,18,19). The average Bonchev–Trinajstić information content (AvgIpc) is 2.90. The average molecular weight is 271 g/mol. The van der Waals surface area contributed by atoms with E-state index in [-0.39, 0.29) is 0 Å². The lowest BCUT2D eigenvalue weighted by molar-refractivity contribution is 1.00. The predicted octanol–water partition coefficient (Wildman–Crippen LogP) is 3.96. The number of allylic oxidation sites excluding steroid dienone is 1. The molecule has 3 rings (SSSR count). The van der Waals surface area contributed by atoms with Crippen LogP contribution in [0.25, 0.3) is 6.08 Å². The molecule has 0 radical (unpaired) electrons. The molecule has 1 aliphatic rings. The van der Waals surface area contributed by atoms with E-state index in [0.29, 0.717) is 0 Å². The monoisotopic (exact) mass is 270 g/mol. The molecular formula is C16H15ClN2. The molecule has 1 aromatic carbocycles. The molecule has 96 valence electrons. The van der Waals surface area contributed by atoms with Crippen molar-refractivity contribution in [3.05, 3.63) is 64.3 Å². The highest BCUT2D eigenvalue weighted by atomic mass is 35.5. The van der Waals surface area contributed by atoms with Gasteiger partial charge in [0, 0.05) is 23.3 Å². The van der Waals surface area contributed by atoms with E-state index in [1.165, 1.54) is 16.7 Å². The molecule has 0 aliphatic heterocycles. The van der Waals surface area contributed by atoms with Gasteiger partial charge in [-0.05, 0) is 42.2 Å². The lowest BCUT2D eigenvalue weighted by Crippen LogP contribution is -2.07. The topological polar surface area (TPSA) is 24.9 Å². The number of rotatable bonds is 4. The third-order valence-corrected chi connectivity index (χ3v) is 3.57. The Bertz CT molecular complexity index is 603. The van der Waals surface area contributed by atoms with Gasteiger partial charge in [0.15, 0.2) is 0 Å². The van der Waals surface area contributed by atoms with Crippen LogP contribution >= 0.6 is 11.6 Å². The minimum absolute atomic E-state index is 0.782. The van der Waals surface area contributed by atoms with Gasteiger partial charge in [-0.2, -0.15) is 0 Å². The van der Waals surface area contributed by atoms with Crippen LogP contribution in [-0.4, -0.2) is 11.5 Å². The Morgan fingerprint density at radius 3 is 2.84 bits per heavy atom. The number of aromatic nitrogens is 1. The summed E-state index contributed by atoms with van der Waals surface area (Å²) in [6.45, 7) is 0.874. The number of pyridine rings is 1. The summed E-state index contributed by atoms with van der Waals surface area (Å²) < 4.78 is 0. The summed E-state index contributed by atoms with van der Waals surface area (Å²) >= 11 is 5.87. The Balaban J connectivity index is 1.63. The van der Waals surface area contributed by atoms with Crippen LogP contribution in [0.1, 0.15) is 16.7 Å². The maximum absolute atomic E-state index is 5.87. The van der Waals surface area contributed by atoms with E-state index in [0.717, 1.165) is 30.2 Å². The summed E-state index contributed by atoms with van der Waals surface area (Å²) in [6, 6.07) is 10.1. The molecule has 0 unspecified atom stereocenters. The molecule has 1 N–H and O–H groups in total. The predicted molar refractivity (Wildman–Crippen MR) is 80.6 cm³/mol. The molecule has 0 saturated carbocycles. The first-order valence-electron chi connectivity index (χ1n) is 6.46. The van der Waals surface area contributed by atoms with Crippen molar-refractivity contribution < 1.29 is 0 Å². The van der Waals surface area contributed by atoms with Gasteiger partial charge >= 0.3 is 0 Å². The first kappa shape index (κ1) is 12.2. The molecule has 19 heavy (non-hydrogen) atoms. The first-order valence-corrected chi connectivity index (χ1v) is 6.83. The molecule has 0 atom stereocenters. The normalized spacial score (nSPS) is 12.5. The summed E-state index contributed by atoms with van der Waals surface area (Å²) in [7, 11) is 0. The van der Waals surface area contributed by atoms with E-state index in [1.807, 2.05) is 18.3 Å². The van der Waals surface area contributed by atoms with E-state index in [1.54, 1.807) is 0 Å². The minimum Gasteiger partial charge on any atom is -0.369 e. The summed E-state index contributed by atoms with van der Waals surface area (Å²) in [4.78, 5) is 4.41. The number of hydrogen-bond acceptors (Lipinski definition) is 2. The Kier molecular flexibility index (Phi) is 3.51. The smallest absolute Gasteiger partial charge is 0.133 e. The Morgan fingerprint density at radius 2 is 2.00 bits per heavy atom. The molecule has 2 aromatic rings. The molecule has 0 fully saturated rings. The van der Waals surface area contributed by atoms with Gasteiger partial charge in [0.05, 0.1) is 0 Å². The fraction of sp³-hybridized carbons (Fsp3) is 0.188. The molecule has 1 aromatic heterocycles. The fourth-order valence-electron chi connectivity index (χ4n) is 2.30. The van der Waals surface area contributed by atoms with Gasteiger partial charge in [0.25, 0.3) is 0 Å². The van der Waals surface area contributed by atoms with Gasteiger partial charge in [-0.3, -0.25) is 0 Å². The van der Waals surface area contributed by atoms with Crippen LogP contribution in [0.4, 0.5) is 5.82 Å². The highest BCUT2D eigenvalue weighted by Gasteiger charge is 2.09. The third kappa shape index (κ3) is 2.79. The van der Waals surface area contributed by atoms with Crippen LogP contribution in [0, 0.1) is 0 Å². The molecule has 0 amide bonds. The van der Waals surface area contributed by atoms with Gasteiger partial charge < -0.3 is 5.32 Å². The molecule has 1 aliphatic carbocycles. The largest absolute Gasteiger partial charge is 0.369 e. The lowest BCUT2D eigenvalue weighted by Gasteiger charge is -2.09. The number of hydrogen-bond donors (Lipinski definition) is 1. The zero-order chi connectivity index (χ0) is 13.1. The number of halogens is 1. The van der Waals surface area contributed by atoms with Crippen LogP contribution in [0.15, 0.2) is 42.6 Å². The SMILES string of the molecule is Clc1ccc(CCNc2nccc3c2C=CC3)cc1. The number of fused-ring (bicyclic) bond motifs is 1. The number of nitrogens with zero attached hydrogens (tertiary/aromatic N) is 1. The van der Waals surface area contributed by atoms with E-state index < -0.39 is 0 Å². The second-order valence-corrected chi connectivity index (χ2v) is 5.08. The molecule has 3 heteroatoms. The number of nitrogens with one attached hydrogen (secondary N) is 1. The summed E-state index contributed by atoms with van der Waals surface area (Å²) in [5.41, 5.74) is 3.86. The molecule has 1 heterocycles. The lowest BCUT2D eigenvalue weighted by atomic mass is 10.1. The van der Waals surface area contributed by atoms with E-state index in [9.17, 15) is 0 Å². The van der Waals surface area contributed by atoms with Crippen molar-refractivity contribution in [3.63, 3.8) is 0 Å². The summed E-state index contributed by atoms with van der Waals surface area (Å²) in [6.07, 6.45) is 8.18. The molecule has 2 nitrogen and oxygen atoms in total. The van der Waals surface area contributed by atoms with Crippen LogP contribution in [0.5, 0.6) is 0 Å². The molecule has 0 bridgehead atoms. The second kappa shape index (κ2) is 5.45. The number of benzene rings is 1. The van der Waals surface area contributed by atoms with Crippen LogP contribution < -0.4 is 5.32 Å². The quantitative estimate of drug-likeness (QED) is 0.910. The first-order chi connectivity index (χ1) is 9.33. The highest BCUT2D eigenvalue weighted by Crippen LogP contribution is 2.24. The van der Waals surface area contributed by atoms with Crippen molar-refractivity contribution in [2.45, 2.75) is 12.8 Å². The van der Waals surface area contributed by atoms with Crippen LogP contribution in [0.3, 0.4) is 0 Å². The highest BCUT2D eigenvalue weighted by molar-refractivity contribution is 6.30. The van der Waals surface area contributed by atoms with Crippen molar-refractivity contribution in [1.29, 1.82) is 0 Å². The zero-order valence-corrected chi connectivity index (χ0v) is 11.3. The molecular weight excluding hydrogens is 256 g/mol. The molecule has 0 saturated heterocycles. The number of anilines is 1.